The molecular weight excluding hydrogens is 712 g/mol. The van der Waals surface area contributed by atoms with Gasteiger partial charge in [-0.2, -0.15) is 0 Å². The average molecular weight is 763 g/mol. The van der Waals surface area contributed by atoms with Crippen LogP contribution in [-0.2, 0) is 40.7 Å². The molecule has 13 heteroatoms. The monoisotopic (exact) mass is 762 g/mol. The van der Waals surface area contributed by atoms with Crippen molar-refractivity contribution in [2.24, 2.45) is 23.7 Å². The number of fused-ring (bicyclic) bond motifs is 7. The van der Waals surface area contributed by atoms with E-state index in [2.05, 4.69) is 35.3 Å². The Kier molecular flexibility index (Phi) is 9.63. The predicted octanol–water partition coefficient (Wildman–Crippen LogP) is 3.87. The zero-order valence-corrected chi connectivity index (χ0v) is 32.3. The van der Waals surface area contributed by atoms with Crippen molar-refractivity contribution in [2.75, 3.05) is 38.3 Å². The van der Waals surface area contributed by atoms with Crippen LogP contribution in [0.5, 0.6) is 0 Å². The Hall–Kier alpha value is -3.52. The quantitative estimate of drug-likeness (QED) is 0.292. The molecule has 6 aliphatic rings. The molecule has 11 atom stereocenters. The van der Waals surface area contributed by atoms with Crippen molar-refractivity contribution in [1.29, 1.82) is 0 Å². The van der Waals surface area contributed by atoms with Crippen molar-refractivity contribution in [3.63, 3.8) is 0 Å². The molecule has 1 amide bonds. The minimum atomic E-state index is -1.58. The summed E-state index contributed by atoms with van der Waals surface area (Å²) in [7, 11) is 1.68. The minimum Gasteiger partial charge on any atom is -0.454 e. The second-order valence-electron chi connectivity index (χ2n) is 16.5. The van der Waals surface area contributed by atoms with E-state index in [9.17, 15) is 24.6 Å². The highest BCUT2D eigenvalue weighted by molar-refractivity contribution is 6.33. The molecule has 2 aliphatic carbocycles. The summed E-state index contributed by atoms with van der Waals surface area (Å²) in [6.07, 6.45) is 1.15. The number of carbonyl (C=O) groups is 3. The number of para-hydroxylation sites is 1. The zero-order chi connectivity index (χ0) is 38.3. The molecule has 2 saturated heterocycles. The summed E-state index contributed by atoms with van der Waals surface area (Å²) in [5, 5.41) is 29.9. The SMILES string of the molecule is CC(=O)O[C@@H]1C(C)=C[C@@H]2[C@H](C(C)CN3CC(=O)N4CCc5ccccc5C4C3)CC[C@@H](C)[C@]2(O)[C@H]1OC(=O)[C@@H]1C[C@@]2(O)c3cccc(Cl)c3N(C)O[C@H]2N1. The zero-order valence-electron chi connectivity index (χ0n) is 31.5. The number of carbonyl (C=O) groups excluding carboxylic acids is 3. The number of hydrogen-bond donors (Lipinski definition) is 3. The molecule has 0 radical (unpaired) electrons. The third-order valence-electron chi connectivity index (χ3n) is 13.3. The van der Waals surface area contributed by atoms with E-state index in [0.717, 1.165) is 25.9 Å². The van der Waals surface area contributed by atoms with E-state index in [4.69, 9.17) is 25.9 Å². The predicted molar refractivity (Wildman–Crippen MR) is 200 cm³/mol. The van der Waals surface area contributed by atoms with Crippen LogP contribution in [0, 0.1) is 23.7 Å². The van der Waals surface area contributed by atoms with Gasteiger partial charge >= 0.3 is 11.9 Å². The summed E-state index contributed by atoms with van der Waals surface area (Å²) in [4.78, 5) is 50.4. The van der Waals surface area contributed by atoms with Gasteiger partial charge in [-0.05, 0) is 66.7 Å². The van der Waals surface area contributed by atoms with Gasteiger partial charge in [-0.15, -0.1) is 0 Å². The van der Waals surface area contributed by atoms with Crippen molar-refractivity contribution < 1.29 is 38.9 Å². The highest BCUT2D eigenvalue weighted by atomic mass is 35.5. The number of hydroxylamine groups is 1. The van der Waals surface area contributed by atoms with E-state index in [1.165, 1.54) is 23.1 Å². The number of aliphatic hydroxyl groups is 2. The molecule has 2 aromatic carbocycles. The topological polar surface area (TPSA) is 141 Å². The number of ether oxygens (including phenoxy) is 2. The van der Waals surface area contributed by atoms with Crippen molar-refractivity contribution in [2.45, 2.75) is 95.1 Å². The van der Waals surface area contributed by atoms with E-state index in [0.29, 0.717) is 41.4 Å². The van der Waals surface area contributed by atoms with Gasteiger partial charge in [0, 0.05) is 51.5 Å². The fraction of sp³-hybridized carbons (Fsp3) is 0.585. The van der Waals surface area contributed by atoms with Crippen LogP contribution < -0.4 is 10.4 Å². The Labute approximate surface area is 321 Å². The van der Waals surface area contributed by atoms with Gasteiger partial charge in [0.25, 0.3) is 0 Å². The molecule has 12 nitrogen and oxygen atoms in total. The molecule has 4 heterocycles. The number of halogens is 1. The summed E-state index contributed by atoms with van der Waals surface area (Å²) >= 11 is 6.48. The number of anilines is 1. The first kappa shape index (κ1) is 37.4. The van der Waals surface area contributed by atoms with Crippen molar-refractivity contribution >= 4 is 35.1 Å². The highest BCUT2D eigenvalue weighted by Gasteiger charge is 2.62. The van der Waals surface area contributed by atoms with Gasteiger partial charge < -0.3 is 24.6 Å². The normalized spacial score (nSPS) is 36.5. The molecule has 54 heavy (non-hydrogen) atoms. The van der Waals surface area contributed by atoms with E-state index in [1.54, 1.807) is 25.2 Å². The smallest absolute Gasteiger partial charge is 0.323 e. The minimum absolute atomic E-state index is 0.00854. The first-order valence-electron chi connectivity index (χ1n) is 19.3. The number of nitrogens with one attached hydrogen (secondary N) is 1. The van der Waals surface area contributed by atoms with E-state index in [-0.39, 0.29) is 36.1 Å². The molecule has 8 rings (SSSR count). The number of hydrogen-bond acceptors (Lipinski definition) is 11. The molecule has 2 aromatic rings. The van der Waals surface area contributed by atoms with Gasteiger partial charge in [0.2, 0.25) is 5.91 Å². The van der Waals surface area contributed by atoms with Crippen LogP contribution in [0.25, 0.3) is 0 Å². The van der Waals surface area contributed by atoms with Gasteiger partial charge in [0.1, 0.15) is 17.2 Å². The molecule has 0 spiro atoms. The summed E-state index contributed by atoms with van der Waals surface area (Å²) in [5.41, 5.74) is 1.11. The number of piperazine rings is 1. The lowest BCUT2D eigenvalue weighted by atomic mass is 9.55. The second kappa shape index (κ2) is 13.9. The number of amides is 1. The Balaban J connectivity index is 1.05. The first-order valence-corrected chi connectivity index (χ1v) is 19.6. The highest BCUT2D eigenvalue weighted by Crippen LogP contribution is 2.53. The van der Waals surface area contributed by atoms with Crippen LogP contribution in [-0.4, -0.2) is 101 Å². The molecule has 0 aromatic heterocycles. The third kappa shape index (κ3) is 6.04. The number of esters is 2. The lowest BCUT2D eigenvalue weighted by molar-refractivity contribution is -0.225. The Morgan fingerprint density at radius 1 is 1.13 bits per heavy atom. The van der Waals surface area contributed by atoms with Gasteiger partial charge in [0.05, 0.1) is 23.3 Å². The molecule has 0 bridgehead atoms. The van der Waals surface area contributed by atoms with Gasteiger partial charge in [-0.1, -0.05) is 67.9 Å². The Morgan fingerprint density at radius 2 is 1.91 bits per heavy atom. The van der Waals surface area contributed by atoms with Crippen LogP contribution in [0.15, 0.2) is 54.1 Å². The Morgan fingerprint density at radius 3 is 2.69 bits per heavy atom. The van der Waals surface area contributed by atoms with Crippen LogP contribution in [0.3, 0.4) is 0 Å². The molecule has 3 fully saturated rings. The molecule has 2 unspecified atom stereocenters. The standard InChI is InChI=1S/C41H51ClN4O8/c1-22-17-30-27(23(2)19-45-20-33-28-10-7-6-9-26(28)15-16-46(33)34(48)21-45)14-13-24(3)41(30,51)37(36(22)52-25(4)47)53-38(49)32-18-40(50)29-11-8-12-31(42)35(29)44(5)54-39(40)43-32/h6-12,17,23-24,27,30,32-33,36-37,39,43,50-51H,13-16,18-21H2,1-5H3/t23?,24-,27+,30-,32+,33?,36-,37+,39-,40-,41-/m1/s1. The van der Waals surface area contributed by atoms with Crippen molar-refractivity contribution in [3.8, 4) is 0 Å². The van der Waals surface area contributed by atoms with E-state index in [1.807, 2.05) is 30.9 Å². The second-order valence-corrected chi connectivity index (χ2v) is 17.0. The van der Waals surface area contributed by atoms with Crippen LogP contribution >= 0.6 is 11.6 Å². The summed E-state index contributed by atoms with van der Waals surface area (Å²) in [6.45, 7) is 9.79. The summed E-state index contributed by atoms with van der Waals surface area (Å²) < 4.78 is 12.2. The summed E-state index contributed by atoms with van der Waals surface area (Å²) in [6, 6.07) is 12.6. The maximum Gasteiger partial charge on any atom is 0.323 e. The molecule has 4 aliphatic heterocycles. The molecule has 1 saturated carbocycles. The number of rotatable bonds is 6. The van der Waals surface area contributed by atoms with Crippen molar-refractivity contribution in [3.05, 3.63) is 75.8 Å². The van der Waals surface area contributed by atoms with Gasteiger partial charge in [-0.25, -0.2) is 0 Å². The molecular formula is C41H51ClN4O8. The summed E-state index contributed by atoms with van der Waals surface area (Å²) in [5.74, 6) is -1.75. The molecule has 3 N–H and O–H groups in total. The number of nitrogens with zero attached hydrogens (tertiary/aromatic N) is 3. The number of benzene rings is 2. The van der Waals surface area contributed by atoms with Crippen LogP contribution in [0.1, 0.15) is 69.7 Å². The molecule has 290 valence electrons. The van der Waals surface area contributed by atoms with Gasteiger partial charge in [0.15, 0.2) is 18.4 Å². The first-order chi connectivity index (χ1) is 25.7. The van der Waals surface area contributed by atoms with E-state index >= 15 is 0 Å². The largest absolute Gasteiger partial charge is 0.454 e. The lowest BCUT2D eigenvalue weighted by Crippen LogP contribution is -2.66. The average Bonchev–Trinajstić information content (AvgIpc) is 3.48. The van der Waals surface area contributed by atoms with Crippen LogP contribution in [0.2, 0.25) is 5.02 Å². The maximum absolute atomic E-state index is 14.2. The fourth-order valence-electron chi connectivity index (χ4n) is 10.6. The Bertz CT molecular complexity index is 1880. The fourth-order valence-corrected chi connectivity index (χ4v) is 10.9. The van der Waals surface area contributed by atoms with E-state index < -0.39 is 53.5 Å². The lowest BCUT2D eigenvalue weighted by Gasteiger charge is -2.56. The van der Waals surface area contributed by atoms with Crippen LogP contribution in [0.4, 0.5) is 5.69 Å². The maximum atomic E-state index is 14.2. The third-order valence-corrected chi connectivity index (χ3v) is 13.6. The van der Waals surface area contributed by atoms with Gasteiger partial charge in [-0.3, -0.25) is 34.5 Å². The van der Waals surface area contributed by atoms with Crippen molar-refractivity contribution in [1.82, 2.24) is 15.1 Å².